The van der Waals surface area contributed by atoms with E-state index in [1.54, 1.807) is 18.2 Å². The van der Waals surface area contributed by atoms with Crippen molar-refractivity contribution in [1.29, 1.82) is 0 Å². The molecular formula is C20H15ClF2N2O3. The number of rotatable bonds is 6. The molecule has 0 aliphatic rings. The molecule has 0 aliphatic carbocycles. The first-order valence-corrected chi connectivity index (χ1v) is 8.58. The molecule has 0 aliphatic heterocycles. The van der Waals surface area contributed by atoms with Crippen LogP contribution in [0.3, 0.4) is 0 Å². The van der Waals surface area contributed by atoms with Crippen molar-refractivity contribution in [3.63, 3.8) is 0 Å². The largest absolute Gasteiger partial charge is 0.489 e. The Bertz CT molecular complexity index is 1030. The summed E-state index contributed by atoms with van der Waals surface area (Å²) in [6, 6.07) is 9.85. The first-order valence-electron chi connectivity index (χ1n) is 8.20. The van der Waals surface area contributed by atoms with Crippen LogP contribution in [0.25, 0.3) is 11.1 Å². The first-order chi connectivity index (χ1) is 13.3. The Balaban J connectivity index is 1.73. The van der Waals surface area contributed by atoms with Crippen molar-refractivity contribution in [2.24, 2.45) is 0 Å². The summed E-state index contributed by atoms with van der Waals surface area (Å²) >= 11 is 5.54. The number of benzene rings is 2. The molecule has 0 saturated carbocycles. The third-order valence-corrected chi connectivity index (χ3v) is 4.35. The molecule has 0 spiro atoms. The predicted molar refractivity (Wildman–Crippen MR) is 102 cm³/mol. The molecule has 0 radical (unpaired) electrons. The lowest BCUT2D eigenvalue weighted by Crippen LogP contribution is -2.06. The molecule has 3 aromatic rings. The number of halogens is 3. The third kappa shape index (κ3) is 4.37. The van der Waals surface area contributed by atoms with Gasteiger partial charge in [0.1, 0.15) is 11.6 Å². The van der Waals surface area contributed by atoms with E-state index in [9.17, 15) is 13.6 Å². The Morgan fingerprint density at radius 2 is 1.82 bits per heavy atom. The number of aromatic carboxylic acids is 1. The van der Waals surface area contributed by atoms with Crippen molar-refractivity contribution < 1.29 is 23.4 Å². The van der Waals surface area contributed by atoms with Crippen LogP contribution in [0.2, 0.25) is 5.02 Å². The Morgan fingerprint density at radius 1 is 1.11 bits per heavy atom. The smallest absolute Gasteiger partial charge is 0.335 e. The summed E-state index contributed by atoms with van der Waals surface area (Å²) in [6.45, 7) is 0.0469. The van der Waals surface area contributed by atoms with Crippen LogP contribution in [0.5, 0.6) is 5.75 Å². The molecule has 0 unspecified atom stereocenters. The second kappa shape index (κ2) is 8.22. The highest BCUT2D eigenvalue weighted by Gasteiger charge is 2.11. The Labute approximate surface area is 164 Å². The number of hydrogen-bond donors (Lipinski definition) is 2. The van der Waals surface area contributed by atoms with Gasteiger partial charge >= 0.3 is 5.97 Å². The van der Waals surface area contributed by atoms with E-state index in [0.29, 0.717) is 5.56 Å². The molecule has 0 fully saturated rings. The molecule has 5 nitrogen and oxygen atoms in total. The molecule has 2 aromatic carbocycles. The topological polar surface area (TPSA) is 85.4 Å². The summed E-state index contributed by atoms with van der Waals surface area (Å²) < 4.78 is 32.9. The van der Waals surface area contributed by atoms with Gasteiger partial charge in [-0.25, -0.2) is 18.6 Å². The van der Waals surface area contributed by atoms with E-state index in [4.69, 9.17) is 27.2 Å². The number of nitrogens with zero attached hydrogens (tertiary/aromatic N) is 1. The number of anilines is 1. The van der Waals surface area contributed by atoms with Gasteiger partial charge in [0.05, 0.1) is 17.2 Å². The zero-order chi connectivity index (χ0) is 20.3. The summed E-state index contributed by atoms with van der Waals surface area (Å²) in [4.78, 5) is 15.0. The molecule has 3 rings (SSSR count). The van der Waals surface area contributed by atoms with Gasteiger partial charge in [0.25, 0.3) is 0 Å². The van der Waals surface area contributed by atoms with Crippen LogP contribution in [0.15, 0.2) is 48.7 Å². The van der Waals surface area contributed by atoms with Crippen molar-refractivity contribution in [3.05, 3.63) is 76.4 Å². The molecule has 1 heterocycles. The molecule has 0 atom stereocenters. The van der Waals surface area contributed by atoms with Crippen molar-refractivity contribution in [3.8, 4) is 16.9 Å². The number of carbonyl (C=O) groups is 1. The lowest BCUT2D eigenvalue weighted by molar-refractivity contribution is 0.0697. The number of ether oxygens (including phenoxy) is 1. The van der Waals surface area contributed by atoms with E-state index in [1.807, 2.05) is 0 Å². The minimum atomic E-state index is -1.02. The standard InChI is InChI=1S/C20H15ClF2N2O3/c21-15-9-16(22)13(7-17(15)23)5-6-28-18-8-14(10-25-19(18)24)11-1-3-12(4-2-11)20(26)27/h1-4,7-10H,5-6H2,(H2,24,25)(H,26,27). The van der Waals surface area contributed by atoms with E-state index in [-0.39, 0.29) is 40.7 Å². The molecular weight excluding hydrogens is 390 g/mol. The van der Waals surface area contributed by atoms with E-state index in [1.165, 1.54) is 18.3 Å². The van der Waals surface area contributed by atoms with Crippen LogP contribution in [0.4, 0.5) is 14.6 Å². The average molecular weight is 405 g/mol. The van der Waals surface area contributed by atoms with Gasteiger partial charge in [-0.05, 0) is 41.5 Å². The maximum atomic E-state index is 13.8. The highest BCUT2D eigenvalue weighted by molar-refractivity contribution is 6.30. The maximum absolute atomic E-state index is 13.8. The normalized spacial score (nSPS) is 10.7. The van der Waals surface area contributed by atoms with Gasteiger partial charge in [0.2, 0.25) is 0 Å². The molecule has 3 N–H and O–H groups in total. The first kappa shape index (κ1) is 19.6. The quantitative estimate of drug-likeness (QED) is 0.587. The highest BCUT2D eigenvalue weighted by atomic mass is 35.5. The number of hydrogen-bond acceptors (Lipinski definition) is 4. The summed E-state index contributed by atoms with van der Waals surface area (Å²) in [7, 11) is 0. The summed E-state index contributed by atoms with van der Waals surface area (Å²) in [6.07, 6.45) is 1.64. The maximum Gasteiger partial charge on any atom is 0.335 e. The van der Waals surface area contributed by atoms with Gasteiger partial charge < -0.3 is 15.6 Å². The minimum Gasteiger partial charge on any atom is -0.489 e. The molecule has 8 heteroatoms. The number of nitrogens with two attached hydrogens (primary N) is 1. The lowest BCUT2D eigenvalue weighted by atomic mass is 10.1. The molecule has 0 bridgehead atoms. The fourth-order valence-corrected chi connectivity index (χ4v) is 2.71. The lowest BCUT2D eigenvalue weighted by Gasteiger charge is -2.11. The third-order valence-electron chi connectivity index (χ3n) is 4.07. The molecule has 0 saturated heterocycles. The number of nitrogen functional groups attached to an aromatic ring is 1. The Hall–Kier alpha value is -3.19. The SMILES string of the molecule is Nc1ncc(-c2ccc(C(=O)O)cc2)cc1OCCc1cc(F)c(Cl)cc1F. The van der Waals surface area contributed by atoms with Crippen molar-refractivity contribution >= 4 is 23.4 Å². The van der Waals surface area contributed by atoms with Crippen molar-refractivity contribution in [2.75, 3.05) is 12.3 Å². The van der Waals surface area contributed by atoms with Crippen LogP contribution in [-0.4, -0.2) is 22.7 Å². The van der Waals surface area contributed by atoms with Gasteiger partial charge in [-0.15, -0.1) is 0 Å². The zero-order valence-electron chi connectivity index (χ0n) is 14.5. The fourth-order valence-electron chi connectivity index (χ4n) is 2.56. The summed E-state index contributed by atoms with van der Waals surface area (Å²) in [5, 5.41) is 8.68. The molecule has 1 aromatic heterocycles. The van der Waals surface area contributed by atoms with Crippen LogP contribution < -0.4 is 10.5 Å². The van der Waals surface area contributed by atoms with Gasteiger partial charge in [-0.1, -0.05) is 23.7 Å². The molecule has 144 valence electrons. The number of aromatic nitrogens is 1. The average Bonchev–Trinajstić information content (AvgIpc) is 2.67. The van der Waals surface area contributed by atoms with Crippen LogP contribution >= 0.6 is 11.6 Å². The Morgan fingerprint density at radius 3 is 2.50 bits per heavy atom. The summed E-state index contributed by atoms with van der Waals surface area (Å²) in [5.74, 6) is -1.90. The monoisotopic (exact) mass is 404 g/mol. The van der Waals surface area contributed by atoms with Crippen LogP contribution in [0, 0.1) is 11.6 Å². The summed E-state index contributed by atoms with van der Waals surface area (Å²) in [5.41, 5.74) is 7.52. The van der Waals surface area contributed by atoms with Gasteiger partial charge in [-0.3, -0.25) is 0 Å². The number of pyridine rings is 1. The Kier molecular flexibility index (Phi) is 5.75. The number of carboxylic acids is 1. The highest BCUT2D eigenvalue weighted by Crippen LogP contribution is 2.28. The molecule has 0 amide bonds. The second-order valence-electron chi connectivity index (χ2n) is 5.95. The van der Waals surface area contributed by atoms with Crippen molar-refractivity contribution in [1.82, 2.24) is 4.98 Å². The second-order valence-corrected chi connectivity index (χ2v) is 6.35. The van der Waals surface area contributed by atoms with Crippen LogP contribution in [0.1, 0.15) is 15.9 Å². The van der Waals surface area contributed by atoms with Crippen molar-refractivity contribution in [2.45, 2.75) is 6.42 Å². The van der Waals surface area contributed by atoms with Gasteiger partial charge in [0.15, 0.2) is 11.6 Å². The zero-order valence-corrected chi connectivity index (χ0v) is 15.2. The van der Waals surface area contributed by atoms with E-state index in [0.717, 1.165) is 17.7 Å². The fraction of sp³-hybridized carbons (Fsp3) is 0.100. The van der Waals surface area contributed by atoms with Gasteiger partial charge in [-0.2, -0.15) is 0 Å². The van der Waals surface area contributed by atoms with Gasteiger partial charge in [0, 0.05) is 18.2 Å². The van der Waals surface area contributed by atoms with E-state index in [2.05, 4.69) is 4.98 Å². The molecule has 28 heavy (non-hydrogen) atoms. The predicted octanol–water partition coefficient (Wildman–Crippen LogP) is 4.58. The van der Waals surface area contributed by atoms with E-state index >= 15 is 0 Å². The van der Waals surface area contributed by atoms with E-state index < -0.39 is 17.6 Å². The van der Waals surface area contributed by atoms with Crippen LogP contribution in [-0.2, 0) is 6.42 Å². The minimum absolute atomic E-state index is 0.0469. The number of carboxylic acid groups (broad SMARTS) is 1.